The van der Waals surface area contributed by atoms with Crippen LogP contribution in [0.25, 0.3) is 0 Å². The van der Waals surface area contributed by atoms with Crippen molar-refractivity contribution in [2.75, 3.05) is 19.8 Å². The highest BCUT2D eigenvalue weighted by molar-refractivity contribution is 5.76. The summed E-state index contributed by atoms with van der Waals surface area (Å²) in [5.74, 6) is -0.879. The third-order valence-corrected chi connectivity index (χ3v) is 2.76. The minimum Gasteiger partial charge on any atom is -0.481 e. The van der Waals surface area contributed by atoms with Gasteiger partial charge in [0.15, 0.2) is 0 Å². The average molecular weight is 258 g/mol. The lowest BCUT2D eigenvalue weighted by atomic mass is 10.3. The molecule has 104 valence electrons. The van der Waals surface area contributed by atoms with Gasteiger partial charge in [-0.15, -0.1) is 0 Å². The van der Waals surface area contributed by atoms with E-state index in [-0.39, 0.29) is 31.1 Å². The van der Waals surface area contributed by atoms with Gasteiger partial charge in [0.25, 0.3) is 0 Å². The van der Waals surface area contributed by atoms with E-state index in [1.54, 1.807) is 4.90 Å². The van der Waals surface area contributed by atoms with Gasteiger partial charge >= 0.3 is 12.0 Å². The lowest BCUT2D eigenvalue weighted by Gasteiger charge is -2.24. The lowest BCUT2D eigenvalue weighted by molar-refractivity contribution is -0.137. The van der Waals surface area contributed by atoms with Crippen LogP contribution in [0, 0.1) is 0 Å². The molecule has 1 unspecified atom stereocenters. The molecule has 2 N–H and O–H groups in total. The maximum Gasteiger partial charge on any atom is 0.317 e. The number of urea groups is 1. The van der Waals surface area contributed by atoms with Gasteiger partial charge in [0.05, 0.1) is 19.1 Å². The predicted octanol–water partition coefficient (Wildman–Crippen LogP) is 1.06. The third-order valence-electron chi connectivity index (χ3n) is 2.76. The zero-order valence-corrected chi connectivity index (χ0v) is 11.0. The van der Waals surface area contributed by atoms with Gasteiger partial charge in [-0.1, -0.05) is 0 Å². The molecule has 0 aromatic rings. The largest absolute Gasteiger partial charge is 0.481 e. The smallest absolute Gasteiger partial charge is 0.317 e. The van der Waals surface area contributed by atoms with Gasteiger partial charge in [0, 0.05) is 19.2 Å². The number of hydrogen-bond donors (Lipinski definition) is 2. The molecular weight excluding hydrogens is 236 g/mol. The number of rotatable bonds is 8. The van der Waals surface area contributed by atoms with Crippen molar-refractivity contribution < 1.29 is 19.4 Å². The van der Waals surface area contributed by atoms with E-state index in [1.807, 2.05) is 13.8 Å². The number of ether oxygens (including phenoxy) is 1. The van der Waals surface area contributed by atoms with E-state index >= 15 is 0 Å². The molecule has 1 rings (SSSR count). The average Bonchev–Trinajstić information content (AvgIpc) is 3.10. The highest BCUT2D eigenvalue weighted by atomic mass is 16.5. The summed E-state index contributed by atoms with van der Waals surface area (Å²) in [7, 11) is 0. The molecule has 0 heterocycles. The second kappa shape index (κ2) is 7.20. The van der Waals surface area contributed by atoms with Gasteiger partial charge in [0.2, 0.25) is 0 Å². The fourth-order valence-electron chi connectivity index (χ4n) is 1.68. The first kappa shape index (κ1) is 14.8. The summed E-state index contributed by atoms with van der Waals surface area (Å²) in [5, 5.41) is 11.5. The van der Waals surface area contributed by atoms with Crippen molar-refractivity contribution in [3.8, 4) is 0 Å². The quantitative estimate of drug-likeness (QED) is 0.682. The van der Waals surface area contributed by atoms with Crippen LogP contribution in [0.3, 0.4) is 0 Å². The summed E-state index contributed by atoms with van der Waals surface area (Å²) in [6, 6.07) is -0.0434. The van der Waals surface area contributed by atoms with Crippen molar-refractivity contribution in [2.24, 2.45) is 0 Å². The topological polar surface area (TPSA) is 78.9 Å². The Bertz CT molecular complexity index is 292. The van der Waals surface area contributed by atoms with Crippen LogP contribution in [-0.4, -0.2) is 53.8 Å². The predicted molar refractivity (Wildman–Crippen MR) is 66.5 cm³/mol. The summed E-state index contributed by atoms with van der Waals surface area (Å²) in [6.07, 6.45) is 1.92. The maximum absolute atomic E-state index is 12.0. The first-order valence-corrected chi connectivity index (χ1v) is 6.41. The fraction of sp³-hybridized carbons (Fsp3) is 0.833. The molecule has 6 heteroatoms. The van der Waals surface area contributed by atoms with E-state index in [0.717, 1.165) is 12.8 Å². The van der Waals surface area contributed by atoms with Crippen molar-refractivity contribution in [3.63, 3.8) is 0 Å². The van der Waals surface area contributed by atoms with Crippen LogP contribution in [0.5, 0.6) is 0 Å². The zero-order chi connectivity index (χ0) is 13.5. The number of carbonyl (C=O) groups is 2. The van der Waals surface area contributed by atoms with Crippen molar-refractivity contribution in [3.05, 3.63) is 0 Å². The Morgan fingerprint density at radius 1 is 1.50 bits per heavy atom. The third kappa shape index (κ3) is 5.35. The second-order valence-electron chi connectivity index (χ2n) is 4.58. The van der Waals surface area contributed by atoms with E-state index in [4.69, 9.17) is 9.84 Å². The van der Waals surface area contributed by atoms with Crippen LogP contribution >= 0.6 is 0 Å². The van der Waals surface area contributed by atoms with Crippen LogP contribution in [0.1, 0.15) is 33.1 Å². The van der Waals surface area contributed by atoms with Gasteiger partial charge in [-0.05, 0) is 26.7 Å². The number of nitrogens with zero attached hydrogens (tertiary/aromatic N) is 1. The summed E-state index contributed by atoms with van der Waals surface area (Å²) in [6.45, 7) is 5.13. The summed E-state index contributed by atoms with van der Waals surface area (Å²) in [5.41, 5.74) is 0. The van der Waals surface area contributed by atoms with E-state index in [1.165, 1.54) is 0 Å². The first-order valence-electron chi connectivity index (χ1n) is 6.41. The number of amides is 2. The molecule has 18 heavy (non-hydrogen) atoms. The molecule has 0 saturated heterocycles. The Hall–Kier alpha value is -1.30. The Labute approximate surface area is 107 Å². The normalized spacial score (nSPS) is 16.1. The molecule has 0 bridgehead atoms. The van der Waals surface area contributed by atoms with Crippen LogP contribution in [0.2, 0.25) is 0 Å². The molecule has 1 aliphatic rings. The van der Waals surface area contributed by atoms with Gasteiger partial charge in [-0.25, -0.2) is 4.79 Å². The van der Waals surface area contributed by atoms with E-state index in [9.17, 15) is 9.59 Å². The molecule has 0 radical (unpaired) electrons. The Morgan fingerprint density at radius 3 is 2.67 bits per heavy atom. The van der Waals surface area contributed by atoms with E-state index < -0.39 is 5.97 Å². The summed E-state index contributed by atoms with van der Waals surface area (Å²) >= 11 is 0. The Morgan fingerprint density at radius 2 is 2.17 bits per heavy atom. The zero-order valence-electron chi connectivity index (χ0n) is 11.0. The van der Waals surface area contributed by atoms with E-state index in [2.05, 4.69) is 5.32 Å². The Balaban J connectivity index is 2.36. The molecule has 6 nitrogen and oxygen atoms in total. The van der Waals surface area contributed by atoms with E-state index in [0.29, 0.717) is 13.2 Å². The number of carbonyl (C=O) groups excluding carboxylic acids is 1. The second-order valence-corrected chi connectivity index (χ2v) is 4.58. The van der Waals surface area contributed by atoms with Gasteiger partial charge in [-0.3, -0.25) is 4.79 Å². The minimum atomic E-state index is -0.879. The monoisotopic (exact) mass is 258 g/mol. The molecule has 2 amide bonds. The maximum atomic E-state index is 12.0. The van der Waals surface area contributed by atoms with Crippen molar-refractivity contribution in [2.45, 2.75) is 45.2 Å². The molecule has 0 aliphatic heterocycles. The standard InChI is InChI=1S/C12H22N2O4/c1-3-18-8-9(2)13-12(17)14(10-4-5-10)7-6-11(15)16/h9-10H,3-8H2,1-2H3,(H,13,17)(H,15,16). The summed E-state index contributed by atoms with van der Waals surface area (Å²) in [4.78, 5) is 24.2. The van der Waals surface area contributed by atoms with Crippen LogP contribution in [-0.2, 0) is 9.53 Å². The molecule has 1 aliphatic carbocycles. The number of aliphatic carboxylic acids is 1. The molecule has 1 fully saturated rings. The lowest BCUT2D eigenvalue weighted by Crippen LogP contribution is -2.47. The number of carboxylic acid groups (broad SMARTS) is 1. The number of carboxylic acids is 1. The van der Waals surface area contributed by atoms with Gasteiger partial charge in [-0.2, -0.15) is 0 Å². The fourth-order valence-corrected chi connectivity index (χ4v) is 1.68. The van der Waals surface area contributed by atoms with Crippen molar-refractivity contribution in [1.82, 2.24) is 10.2 Å². The molecule has 1 atom stereocenters. The molecule has 0 spiro atoms. The van der Waals surface area contributed by atoms with Gasteiger partial charge < -0.3 is 20.1 Å². The van der Waals surface area contributed by atoms with Crippen molar-refractivity contribution in [1.29, 1.82) is 0 Å². The highest BCUT2D eigenvalue weighted by Crippen LogP contribution is 2.26. The van der Waals surface area contributed by atoms with Crippen LogP contribution in [0.4, 0.5) is 4.79 Å². The van der Waals surface area contributed by atoms with Crippen molar-refractivity contribution >= 4 is 12.0 Å². The molecule has 0 aromatic heterocycles. The number of nitrogens with one attached hydrogen (secondary N) is 1. The Kier molecular flexibility index (Phi) is 5.91. The molecule has 0 aromatic carbocycles. The van der Waals surface area contributed by atoms with Crippen LogP contribution in [0.15, 0.2) is 0 Å². The minimum absolute atomic E-state index is 0.0102. The summed E-state index contributed by atoms with van der Waals surface area (Å²) < 4.78 is 5.22. The molecular formula is C12H22N2O4. The van der Waals surface area contributed by atoms with Gasteiger partial charge in [0.1, 0.15) is 0 Å². The molecule has 1 saturated carbocycles. The highest BCUT2D eigenvalue weighted by Gasteiger charge is 2.33. The SMILES string of the molecule is CCOCC(C)NC(=O)N(CCC(=O)O)C1CC1. The first-order chi connectivity index (χ1) is 8.54. The van der Waals surface area contributed by atoms with Crippen LogP contribution < -0.4 is 5.32 Å². The number of hydrogen-bond acceptors (Lipinski definition) is 3.